The van der Waals surface area contributed by atoms with Crippen LogP contribution in [-0.4, -0.2) is 9.04 Å². The second-order valence-electron chi connectivity index (χ2n) is 3.15. The average molecular weight is 412 g/mol. The molecule has 0 saturated heterocycles. The molecule has 0 aliphatic carbocycles. The summed E-state index contributed by atoms with van der Waals surface area (Å²) < 4.78 is 6.12. The maximum Gasteiger partial charge on any atom is 0.329 e. The van der Waals surface area contributed by atoms with Crippen molar-refractivity contribution in [1.29, 1.82) is 0 Å². The third kappa shape index (κ3) is 2.29. The molecule has 1 aliphatic rings. The molecule has 0 spiro atoms. The van der Waals surface area contributed by atoms with Crippen molar-refractivity contribution in [2.45, 2.75) is 9.04 Å². The minimum absolute atomic E-state index is 0.0357. The summed E-state index contributed by atoms with van der Waals surface area (Å²) in [5, 5.41) is -0.218. The topological polar surface area (TPSA) is 18.5 Å². The standard InChI is InChI=1S/C8Cl8O2/c9-1-2(10)4(12)6-5(3(1)11)17-7(13,14)8(15,16)18-6. The maximum atomic E-state index is 5.93. The van der Waals surface area contributed by atoms with E-state index in [1.165, 1.54) is 0 Å². The van der Waals surface area contributed by atoms with Crippen LogP contribution in [0.5, 0.6) is 11.5 Å². The van der Waals surface area contributed by atoms with Crippen LogP contribution in [0.15, 0.2) is 0 Å². The summed E-state index contributed by atoms with van der Waals surface area (Å²) in [5.74, 6) is -0.198. The van der Waals surface area contributed by atoms with Gasteiger partial charge in [0.15, 0.2) is 11.5 Å². The van der Waals surface area contributed by atoms with Crippen LogP contribution in [0.25, 0.3) is 0 Å². The first-order chi connectivity index (χ1) is 8.08. The molecule has 1 heterocycles. The van der Waals surface area contributed by atoms with Gasteiger partial charge in [0.1, 0.15) is 10.0 Å². The van der Waals surface area contributed by atoms with E-state index in [0.29, 0.717) is 0 Å². The molecule has 0 N–H and O–H groups in total. The predicted octanol–water partition coefficient (Wildman–Crippen LogP) is 6.33. The van der Waals surface area contributed by atoms with Gasteiger partial charge in [0, 0.05) is 0 Å². The number of hydrogen-bond donors (Lipinski definition) is 0. The zero-order valence-corrected chi connectivity index (χ0v) is 13.9. The van der Waals surface area contributed by atoms with Gasteiger partial charge in [-0.05, 0) is 0 Å². The molecule has 1 aliphatic heterocycles. The van der Waals surface area contributed by atoms with Gasteiger partial charge in [0.2, 0.25) is 0 Å². The van der Waals surface area contributed by atoms with Crippen molar-refractivity contribution in [3.05, 3.63) is 20.1 Å². The first-order valence-corrected chi connectivity index (χ1v) is 7.10. The Morgan fingerprint density at radius 3 is 1.11 bits per heavy atom. The largest absolute Gasteiger partial charge is 0.446 e. The minimum atomic E-state index is -2.10. The first kappa shape index (κ1) is 15.5. The summed E-state index contributed by atoms with van der Waals surface area (Å²) in [6.45, 7) is 0. The Morgan fingerprint density at radius 2 is 0.833 bits per heavy atom. The normalized spacial score (nSPS) is 19.8. The van der Waals surface area contributed by atoms with E-state index >= 15 is 0 Å². The highest BCUT2D eigenvalue weighted by atomic mass is 35.5. The molecule has 0 amide bonds. The highest BCUT2D eigenvalue weighted by Gasteiger charge is 2.57. The third-order valence-electron chi connectivity index (χ3n) is 1.98. The fourth-order valence-corrected chi connectivity index (χ4v) is 2.51. The van der Waals surface area contributed by atoms with Crippen molar-refractivity contribution in [2.75, 3.05) is 0 Å². The number of fused-ring (bicyclic) bond motifs is 1. The van der Waals surface area contributed by atoms with E-state index in [2.05, 4.69) is 0 Å². The summed E-state index contributed by atoms with van der Waals surface area (Å²) in [4.78, 5) is 0. The van der Waals surface area contributed by atoms with Crippen LogP contribution in [0.4, 0.5) is 0 Å². The molecule has 0 saturated carbocycles. The zero-order chi connectivity index (χ0) is 13.9. The Morgan fingerprint density at radius 1 is 0.556 bits per heavy atom. The lowest BCUT2D eigenvalue weighted by Crippen LogP contribution is -2.48. The monoisotopic (exact) mass is 408 g/mol. The number of hydrogen-bond acceptors (Lipinski definition) is 2. The van der Waals surface area contributed by atoms with Gasteiger partial charge < -0.3 is 9.47 Å². The third-order valence-corrected chi connectivity index (χ3v) is 5.51. The van der Waals surface area contributed by atoms with Crippen molar-refractivity contribution in [1.82, 2.24) is 0 Å². The molecule has 0 aromatic heterocycles. The summed E-state index contributed by atoms with van der Waals surface area (Å²) in [5.41, 5.74) is 0. The van der Waals surface area contributed by atoms with Gasteiger partial charge in [0.25, 0.3) is 0 Å². The number of ether oxygens (including phenoxy) is 2. The lowest BCUT2D eigenvalue weighted by molar-refractivity contribution is 0.0640. The summed E-state index contributed by atoms with van der Waals surface area (Å²) in [6, 6.07) is 0. The molecule has 0 radical (unpaired) electrons. The summed E-state index contributed by atoms with van der Waals surface area (Å²) in [7, 11) is 0. The lowest BCUT2D eigenvalue weighted by Gasteiger charge is -2.38. The van der Waals surface area contributed by atoms with E-state index in [-0.39, 0.29) is 31.6 Å². The smallest absolute Gasteiger partial charge is 0.329 e. The van der Waals surface area contributed by atoms with Gasteiger partial charge in [-0.1, -0.05) is 92.8 Å². The van der Waals surface area contributed by atoms with Gasteiger partial charge in [-0.25, -0.2) is 0 Å². The van der Waals surface area contributed by atoms with Crippen LogP contribution in [0.1, 0.15) is 0 Å². The highest BCUT2D eigenvalue weighted by Crippen LogP contribution is 2.59. The molecule has 1 aromatic rings. The van der Waals surface area contributed by atoms with Crippen LogP contribution in [-0.2, 0) is 0 Å². The van der Waals surface area contributed by atoms with Crippen molar-refractivity contribution >= 4 is 92.8 Å². The van der Waals surface area contributed by atoms with E-state index < -0.39 is 9.04 Å². The van der Waals surface area contributed by atoms with E-state index in [9.17, 15) is 0 Å². The molecular formula is C8Cl8O2. The quantitative estimate of drug-likeness (QED) is 0.282. The molecule has 10 heteroatoms. The lowest BCUT2D eigenvalue weighted by atomic mass is 10.3. The number of benzene rings is 1. The van der Waals surface area contributed by atoms with Crippen LogP contribution in [0, 0.1) is 0 Å². The SMILES string of the molecule is Clc1c(Cl)c(Cl)c2c(c1Cl)OC(Cl)(Cl)C(Cl)(Cl)O2. The molecule has 2 rings (SSSR count). The van der Waals surface area contributed by atoms with Gasteiger partial charge in [0.05, 0.1) is 10.0 Å². The molecule has 1 aromatic carbocycles. The number of halogens is 8. The molecule has 0 bridgehead atoms. The minimum Gasteiger partial charge on any atom is -0.446 e. The van der Waals surface area contributed by atoms with Crippen LogP contribution in [0.3, 0.4) is 0 Å². The molecular weight excluding hydrogens is 412 g/mol. The van der Waals surface area contributed by atoms with Gasteiger partial charge in [-0.3, -0.25) is 0 Å². The molecule has 0 fully saturated rings. The summed E-state index contributed by atoms with van der Waals surface area (Å²) in [6.07, 6.45) is 0. The zero-order valence-electron chi connectivity index (χ0n) is 7.84. The number of alkyl halides is 4. The maximum absolute atomic E-state index is 5.93. The Balaban J connectivity index is 2.71. The first-order valence-electron chi connectivity index (χ1n) is 4.08. The van der Waals surface area contributed by atoms with Gasteiger partial charge in [-0.15, -0.1) is 0 Å². The Kier molecular flexibility index (Phi) is 4.19. The predicted molar refractivity (Wildman–Crippen MR) is 76.6 cm³/mol. The Bertz CT molecular complexity index is 480. The van der Waals surface area contributed by atoms with E-state index in [1.54, 1.807) is 0 Å². The fraction of sp³-hybridized carbons (Fsp3) is 0.250. The molecule has 2 nitrogen and oxygen atoms in total. The second kappa shape index (κ2) is 4.85. The highest BCUT2D eigenvalue weighted by molar-refractivity contribution is 6.61. The average Bonchev–Trinajstić information content (AvgIpc) is 2.26. The fourth-order valence-electron chi connectivity index (χ4n) is 1.15. The van der Waals surface area contributed by atoms with E-state index in [1.807, 2.05) is 0 Å². The Hall–Kier alpha value is 1.14. The second-order valence-corrected chi connectivity index (χ2v) is 7.18. The van der Waals surface area contributed by atoms with Crippen LogP contribution < -0.4 is 9.47 Å². The van der Waals surface area contributed by atoms with Crippen molar-refractivity contribution in [3.63, 3.8) is 0 Å². The van der Waals surface area contributed by atoms with Crippen molar-refractivity contribution in [3.8, 4) is 11.5 Å². The van der Waals surface area contributed by atoms with Crippen LogP contribution in [0.2, 0.25) is 20.1 Å². The Labute approximate surface area is 142 Å². The van der Waals surface area contributed by atoms with Gasteiger partial charge in [-0.2, -0.15) is 0 Å². The van der Waals surface area contributed by atoms with Crippen molar-refractivity contribution < 1.29 is 9.47 Å². The molecule has 0 unspecified atom stereocenters. The van der Waals surface area contributed by atoms with Crippen molar-refractivity contribution in [2.24, 2.45) is 0 Å². The molecule has 18 heavy (non-hydrogen) atoms. The molecule has 100 valence electrons. The van der Waals surface area contributed by atoms with E-state index in [4.69, 9.17) is 102 Å². The van der Waals surface area contributed by atoms with Crippen LogP contribution >= 0.6 is 92.8 Å². The summed E-state index contributed by atoms with van der Waals surface area (Å²) >= 11 is 46.7. The van der Waals surface area contributed by atoms with Gasteiger partial charge >= 0.3 is 9.04 Å². The number of rotatable bonds is 0. The van der Waals surface area contributed by atoms with E-state index in [0.717, 1.165) is 0 Å². The molecule has 0 atom stereocenters.